The van der Waals surface area contributed by atoms with Crippen molar-refractivity contribution in [2.24, 2.45) is 5.73 Å². The number of nitriles is 1. The van der Waals surface area contributed by atoms with Gasteiger partial charge in [0.15, 0.2) is 0 Å². The minimum absolute atomic E-state index is 0.468. The first-order valence-electron chi connectivity index (χ1n) is 9.64. The Morgan fingerprint density at radius 1 is 1.14 bits per heavy atom. The zero-order valence-electron chi connectivity index (χ0n) is 17.1. The minimum atomic E-state index is -0.762. The molecule has 5 nitrogen and oxygen atoms in total. The van der Waals surface area contributed by atoms with E-state index in [4.69, 9.17) is 5.73 Å². The smallest absolute Gasteiger partial charge is 0.249 e. The highest BCUT2D eigenvalue weighted by Gasteiger charge is 2.32. The fourth-order valence-corrected chi connectivity index (χ4v) is 4.08. The summed E-state index contributed by atoms with van der Waals surface area (Å²) in [5.74, 6) is -0.468. The van der Waals surface area contributed by atoms with Gasteiger partial charge in [0.2, 0.25) is 5.91 Å². The molecule has 28 heavy (non-hydrogen) atoms. The van der Waals surface area contributed by atoms with Gasteiger partial charge in [-0.05, 0) is 56.1 Å². The van der Waals surface area contributed by atoms with Crippen LogP contribution in [0.25, 0.3) is 11.1 Å². The average Bonchev–Trinajstić information content (AvgIpc) is 2.68. The number of hydrogen-bond acceptors (Lipinski definition) is 4. The molecule has 1 aliphatic heterocycles. The fraction of sp³-hybridized carbons (Fsp3) is 0.391. The van der Waals surface area contributed by atoms with E-state index in [0.717, 1.165) is 54.1 Å². The maximum absolute atomic E-state index is 12.5. The maximum atomic E-state index is 12.5. The number of carbonyl (C=O) groups excluding carboxylic acids is 1. The number of nitrogens with zero attached hydrogens (tertiary/aromatic N) is 3. The zero-order chi connectivity index (χ0) is 20.5. The minimum Gasteiger partial charge on any atom is -0.369 e. The molecule has 1 saturated heterocycles. The lowest BCUT2D eigenvalue weighted by Gasteiger charge is -2.37. The number of nitrogens with two attached hydrogens (primary N) is 1. The molecule has 3 rings (SSSR count). The molecule has 2 aromatic carbocycles. The Morgan fingerprint density at radius 2 is 1.75 bits per heavy atom. The molecule has 0 saturated carbocycles. The highest BCUT2D eigenvalue weighted by Crippen LogP contribution is 2.42. The quantitative estimate of drug-likeness (QED) is 0.888. The van der Waals surface area contributed by atoms with Crippen molar-refractivity contribution in [1.82, 2.24) is 4.90 Å². The molecule has 146 valence electrons. The zero-order valence-corrected chi connectivity index (χ0v) is 17.1. The summed E-state index contributed by atoms with van der Waals surface area (Å²) in [6.07, 6.45) is 0. The average molecular weight is 377 g/mol. The number of piperazine rings is 1. The van der Waals surface area contributed by atoms with Crippen LogP contribution in [0.4, 0.5) is 5.69 Å². The number of primary amides is 1. The summed E-state index contributed by atoms with van der Waals surface area (Å²) in [6.45, 7) is 9.55. The summed E-state index contributed by atoms with van der Waals surface area (Å²) in [6, 6.07) is 14.1. The molecule has 1 fully saturated rings. The second-order valence-corrected chi connectivity index (χ2v) is 8.08. The lowest BCUT2D eigenvalue weighted by atomic mass is 9.76. The van der Waals surface area contributed by atoms with E-state index in [1.807, 2.05) is 50.2 Å². The van der Waals surface area contributed by atoms with Crippen LogP contribution in [0.2, 0.25) is 0 Å². The molecule has 1 amide bonds. The Morgan fingerprint density at radius 3 is 2.29 bits per heavy atom. The van der Waals surface area contributed by atoms with Crippen LogP contribution in [0.15, 0.2) is 36.4 Å². The molecule has 1 aliphatic rings. The van der Waals surface area contributed by atoms with Crippen LogP contribution < -0.4 is 10.6 Å². The Hall–Kier alpha value is -2.84. The van der Waals surface area contributed by atoms with Gasteiger partial charge in [-0.2, -0.15) is 5.26 Å². The van der Waals surface area contributed by atoms with E-state index in [0.29, 0.717) is 5.56 Å². The van der Waals surface area contributed by atoms with Crippen molar-refractivity contribution in [2.75, 3.05) is 38.1 Å². The van der Waals surface area contributed by atoms with Crippen molar-refractivity contribution < 1.29 is 4.79 Å². The number of carbonyl (C=O) groups is 1. The molecule has 0 aliphatic carbocycles. The van der Waals surface area contributed by atoms with Gasteiger partial charge >= 0.3 is 0 Å². The monoisotopic (exact) mass is 376 g/mol. The highest BCUT2D eigenvalue weighted by atomic mass is 16.1. The molecular weight excluding hydrogens is 348 g/mol. The number of anilines is 1. The first-order chi connectivity index (χ1) is 13.3. The van der Waals surface area contributed by atoms with Crippen LogP contribution in [0.3, 0.4) is 0 Å². The van der Waals surface area contributed by atoms with Crippen LogP contribution in [-0.4, -0.2) is 44.0 Å². The lowest BCUT2D eigenvalue weighted by molar-refractivity contribution is 0.100. The van der Waals surface area contributed by atoms with Crippen molar-refractivity contribution in [1.29, 1.82) is 5.26 Å². The summed E-state index contributed by atoms with van der Waals surface area (Å²) in [5, 5.41) is 9.92. The van der Waals surface area contributed by atoms with Gasteiger partial charge in [0, 0.05) is 37.4 Å². The summed E-state index contributed by atoms with van der Waals surface area (Å²) >= 11 is 0. The van der Waals surface area contributed by atoms with Gasteiger partial charge < -0.3 is 15.5 Å². The van der Waals surface area contributed by atoms with Gasteiger partial charge in [-0.1, -0.05) is 30.3 Å². The molecule has 0 unspecified atom stereocenters. The second kappa shape index (κ2) is 7.65. The summed E-state index contributed by atoms with van der Waals surface area (Å²) in [5.41, 5.74) is 10.1. The van der Waals surface area contributed by atoms with Gasteiger partial charge in [0.1, 0.15) is 0 Å². The van der Waals surface area contributed by atoms with E-state index < -0.39 is 11.3 Å². The molecule has 2 aromatic rings. The van der Waals surface area contributed by atoms with Crippen molar-refractivity contribution >= 4 is 11.6 Å². The number of amides is 1. The molecule has 1 heterocycles. The number of rotatable bonds is 4. The second-order valence-electron chi connectivity index (χ2n) is 8.08. The van der Waals surface area contributed by atoms with E-state index in [-0.39, 0.29) is 0 Å². The SMILES string of the molecule is Cc1c(N2CCN(C)CC2)cc(C(N)=O)c(-c2ccccc2)c1C(C)(C)C#N. The van der Waals surface area contributed by atoms with Crippen molar-refractivity contribution in [3.63, 3.8) is 0 Å². The van der Waals surface area contributed by atoms with Crippen LogP contribution in [0.1, 0.15) is 35.3 Å². The van der Waals surface area contributed by atoms with E-state index in [2.05, 4.69) is 29.8 Å². The summed E-state index contributed by atoms with van der Waals surface area (Å²) in [7, 11) is 2.11. The van der Waals surface area contributed by atoms with Gasteiger partial charge in [-0.3, -0.25) is 4.79 Å². The Kier molecular flexibility index (Phi) is 5.44. The largest absolute Gasteiger partial charge is 0.369 e. The Bertz CT molecular complexity index is 920. The Labute approximate surface area is 167 Å². The highest BCUT2D eigenvalue weighted by molar-refractivity contribution is 6.03. The molecule has 0 spiro atoms. The standard InChI is InChI=1S/C23H28N4O/c1-16-19(27-12-10-26(4)11-13-27)14-18(22(25)28)20(17-8-6-5-7-9-17)21(16)23(2,3)15-24/h5-9,14H,10-13H2,1-4H3,(H2,25,28). The molecular formula is C23H28N4O. The van der Waals surface area contributed by atoms with Gasteiger partial charge in [-0.25, -0.2) is 0 Å². The van der Waals surface area contributed by atoms with E-state index in [1.165, 1.54) is 0 Å². The maximum Gasteiger partial charge on any atom is 0.249 e. The fourth-order valence-electron chi connectivity index (χ4n) is 4.08. The number of likely N-dealkylation sites (N-methyl/N-ethyl adjacent to an activating group) is 1. The summed E-state index contributed by atoms with van der Waals surface area (Å²) in [4.78, 5) is 17.1. The number of hydrogen-bond donors (Lipinski definition) is 1. The van der Waals surface area contributed by atoms with E-state index >= 15 is 0 Å². The van der Waals surface area contributed by atoms with Crippen LogP contribution >= 0.6 is 0 Å². The Balaban J connectivity index is 2.32. The molecule has 0 radical (unpaired) electrons. The molecule has 0 bridgehead atoms. The van der Waals surface area contributed by atoms with Gasteiger partial charge in [-0.15, -0.1) is 0 Å². The molecule has 2 N–H and O–H groups in total. The van der Waals surface area contributed by atoms with E-state index in [9.17, 15) is 10.1 Å². The third kappa shape index (κ3) is 3.61. The van der Waals surface area contributed by atoms with Gasteiger partial charge in [0.05, 0.1) is 11.5 Å². The summed E-state index contributed by atoms with van der Waals surface area (Å²) < 4.78 is 0. The predicted molar refractivity (Wildman–Crippen MR) is 113 cm³/mol. The van der Waals surface area contributed by atoms with Crippen LogP contribution in [0.5, 0.6) is 0 Å². The first kappa shape index (κ1) is 19.9. The number of benzene rings is 2. The van der Waals surface area contributed by atoms with Crippen LogP contribution in [0, 0.1) is 18.3 Å². The van der Waals surface area contributed by atoms with E-state index in [1.54, 1.807) is 0 Å². The normalized spacial score (nSPS) is 15.3. The molecule has 0 atom stereocenters. The van der Waals surface area contributed by atoms with Crippen molar-refractivity contribution in [2.45, 2.75) is 26.2 Å². The molecule has 5 heteroatoms. The topological polar surface area (TPSA) is 73.4 Å². The lowest BCUT2D eigenvalue weighted by Crippen LogP contribution is -2.45. The first-order valence-corrected chi connectivity index (χ1v) is 9.64. The molecule has 0 aromatic heterocycles. The van der Waals surface area contributed by atoms with Crippen molar-refractivity contribution in [3.05, 3.63) is 53.1 Å². The van der Waals surface area contributed by atoms with Gasteiger partial charge in [0.25, 0.3) is 0 Å². The van der Waals surface area contributed by atoms with Crippen molar-refractivity contribution in [3.8, 4) is 17.2 Å². The third-order valence-corrected chi connectivity index (χ3v) is 5.64. The third-order valence-electron chi connectivity index (χ3n) is 5.64. The van der Waals surface area contributed by atoms with Crippen LogP contribution in [-0.2, 0) is 5.41 Å². The predicted octanol–water partition coefficient (Wildman–Crippen LogP) is 3.31.